The van der Waals surface area contributed by atoms with Gasteiger partial charge < -0.3 is 11.1 Å². The molecule has 3 nitrogen and oxygen atoms in total. The molecule has 0 atom stereocenters. The maximum absolute atomic E-state index is 11.4. The molecular weight excluding hydrogens is 232 g/mol. The zero-order valence-electron chi connectivity index (χ0n) is 8.95. The number of rotatable bonds is 4. The lowest BCUT2D eigenvalue weighted by atomic mass is 10.0. The SMILES string of the molecule is CC(C)(NC(=O)CCN)c1cccs1.Cl. The smallest absolute Gasteiger partial charge is 0.221 e. The van der Waals surface area contributed by atoms with E-state index in [4.69, 9.17) is 5.73 Å². The van der Waals surface area contributed by atoms with Crippen molar-refractivity contribution in [2.24, 2.45) is 5.73 Å². The number of carbonyl (C=O) groups excluding carboxylic acids is 1. The van der Waals surface area contributed by atoms with E-state index in [1.807, 2.05) is 31.4 Å². The fourth-order valence-electron chi connectivity index (χ4n) is 1.24. The Hall–Kier alpha value is -0.580. The van der Waals surface area contributed by atoms with E-state index < -0.39 is 0 Å². The molecule has 1 amide bonds. The predicted octanol–water partition coefficient (Wildman–Crippen LogP) is 1.87. The highest BCUT2D eigenvalue weighted by atomic mass is 35.5. The van der Waals surface area contributed by atoms with Gasteiger partial charge in [0.15, 0.2) is 0 Å². The van der Waals surface area contributed by atoms with E-state index in [2.05, 4.69) is 5.32 Å². The van der Waals surface area contributed by atoms with Crippen LogP contribution in [0, 0.1) is 0 Å². The molecule has 0 radical (unpaired) electrons. The zero-order valence-corrected chi connectivity index (χ0v) is 10.6. The van der Waals surface area contributed by atoms with Gasteiger partial charge in [0, 0.05) is 17.8 Å². The fraction of sp³-hybridized carbons (Fsp3) is 0.500. The van der Waals surface area contributed by atoms with Crippen LogP contribution in [0.25, 0.3) is 0 Å². The van der Waals surface area contributed by atoms with Gasteiger partial charge in [-0.3, -0.25) is 4.79 Å². The maximum atomic E-state index is 11.4. The molecule has 0 aliphatic rings. The molecule has 1 heterocycles. The Balaban J connectivity index is 0.00000196. The first-order chi connectivity index (χ1) is 6.56. The van der Waals surface area contributed by atoms with Gasteiger partial charge in [0.05, 0.1) is 5.54 Å². The van der Waals surface area contributed by atoms with Crippen molar-refractivity contribution in [2.75, 3.05) is 6.54 Å². The molecule has 0 spiro atoms. The number of hydrogen-bond acceptors (Lipinski definition) is 3. The molecule has 3 N–H and O–H groups in total. The standard InChI is InChI=1S/C10H16N2OS.ClH/c1-10(2,8-4-3-7-14-8)12-9(13)5-6-11;/h3-4,7H,5-6,11H2,1-2H3,(H,12,13);1H. The van der Waals surface area contributed by atoms with Gasteiger partial charge in [0.1, 0.15) is 0 Å². The van der Waals surface area contributed by atoms with Crippen LogP contribution in [0.2, 0.25) is 0 Å². The Bertz CT molecular complexity index is 298. The van der Waals surface area contributed by atoms with Gasteiger partial charge in [0.2, 0.25) is 5.91 Å². The molecule has 5 heteroatoms. The highest BCUT2D eigenvalue weighted by molar-refractivity contribution is 7.10. The minimum absolute atomic E-state index is 0. The molecule has 0 fully saturated rings. The van der Waals surface area contributed by atoms with Crippen LogP contribution in [0.4, 0.5) is 0 Å². The van der Waals surface area contributed by atoms with Crippen molar-refractivity contribution in [3.8, 4) is 0 Å². The molecular formula is C10H17ClN2OS. The lowest BCUT2D eigenvalue weighted by molar-refractivity contribution is -0.122. The third-order valence-electron chi connectivity index (χ3n) is 1.96. The summed E-state index contributed by atoms with van der Waals surface area (Å²) < 4.78 is 0. The first-order valence-electron chi connectivity index (χ1n) is 4.61. The van der Waals surface area contributed by atoms with Gasteiger partial charge in [-0.1, -0.05) is 6.07 Å². The summed E-state index contributed by atoms with van der Waals surface area (Å²) in [6, 6.07) is 4.00. The van der Waals surface area contributed by atoms with E-state index in [-0.39, 0.29) is 23.9 Å². The number of amides is 1. The quantitative estimate of drug-likeness (QED) is 0.855. The van der Waals surface area contributed by atoms with Crippen LogP contribution in [0.1, 0.15) is 25.1 Å². The molecule has 0 aliphatic heterocycles. The molecule has 0 bridgehead atoms. The third kappa shape index (κ3) is 4.20. The number of nitrogens with one attached hydrogen (secondary N) is 1. The number of nitrogens with two attached hydrogens (primary N) is 1. The Morgan fingerprint density at radius 1 is 1.60 bits per heavy atom. The lowest BCUT2D eigenvalue weighted by Crippen LogP contribution is -2.41. The number of hydrogen-bond donors (Lipinski definition) is 2. The van der Waals surface area contributed by atoms with Crippen LogP contribution in [-0.4, -0.2) is 12.5 Å². The van der Waals surface area contributed by atoms with E-state index in [0.29, 0.717) is 13.0 Å². The van der Waals surface area contributed by atoms with E-state index in [1.165, 1.54) is 0 Å². The van der Waals surface area contributed by atoms with Crippen LogP contribution in [0.5, 0.6) is 0 Å². The number of carbonyl (C=O) groups is 1. The summed E-state index contributed by atoms with van der Waals surface area (Å²) in [5.74, 6) is 0.00546. The first-order valence-corrected chi connectivity index (χ1v) is 5.49. The summed E-state index contributed by atoms with van der Waals surface area (Å²) in [5, 5.41) is 4.96. The monoisotopic (exact) mass is 248 g/mol. The molecule has 1 aromatic heterocycles. The third-order valence-corrected chi connectivity index (χ3v) is 3.15. The summed E-state index contributed by atoms with van der Waals surface area (Å²) >= 11 is 1.64. The average molecular weight is 249 g/mol. The molecule has 1 rings (SSSR count). The Morgan fingerprint density at radius 3 is 2.73 bits per heavy atom. The molecule has 0 saturated carbocycles. The summed E-state index contributed by atoms with van der Waals surface area (Å²) in [5.41, 5.74) is 5.02. The van der Waals surface area contributed by atoms with Crippen molar-refractivity contribution in [1.82, 2.24) is 5.32 Å². The zero-order chi connectivity index (χ0) is 10.6. The summed E-state index contributed by atoms with van der Waals surface area (Å²) in [6.07, 6.45) is 0.384. The first kappa shape index (κ1) is 14.4. The molecule has 0 aliphatic carbocycles. The van der Waals surface area contributed by atoms with Crippen molar-refractivity contribution >= 4 is 29.7 Å². The normalized spacial score (nSPS) is 10.6. The molecule has 0 aromatic carbocycles. The fourth-order valence-corrected chi connectivity index (χ4v) is 2.04. The van der Waals surface area contributed by atoms with Crippen molar-refractivity contribution in [1.29, 1.82) is 0 Å². The number of thiophene rings is 1. The second-order valence-electron chi connectivity index (χ2n) is 3.69. The van der Waals surface area contributed by atoms with Crippen molar-refractivity contribution in [2.45, 2.75) is 25.8 Å². The lowest BCUT2D eigenvalue weighted by Gasteiger charge is -2.24. The number of halogens is 1. The Morgan fingerprint density at radius 2 is 2.27 bits per heavy atom. The van der Waals surface area contributed by atoms with Crippen LogP contribution >= 0.6 is 23.7 Å². The summed E-state index contributed by atoms with van der Waals surface area (Å²) in [6.45, 7) is 4.38. The highest BCUT2D eigenvalue weighted by Gasteiger charge is 2.22. The van der Waals surface area contributed by atoms with Crippen molar-refractivity contribution < 1.29 is 4.79 Å². The summed E-state index contributed by atoms with van der Waals surface area (Å²) in [7, 11) is 0. The largest absolute Gasteiger partial charge is 0.346 e. The minimum Gasteiger partial charge on any atom is -0.346 e. The molecule has 0 saturated heterocycles. The van der Waals surface area contributed by atoms with Crippen LogP contribution < -0.4 is 11.1 Å². The van der Waals surface area contributed by atoms with E-state index in [1.54, 1.807) is 11.3 Å². The predicted molar refractivity (Wildman–Crippen MR) is 66.4 cm³/mol. The minimum atomic E-state index is -0.291. The van der Waals surface area contributed by atoms with Gasteiger partial charge >= 0.3 is 0 Å². The van der Waals surface area contributed by atoms with Gasteiger partial charge in [-0.15, -0.1) is 23.7 Å². The molecule has 0 unspecified atom stereocenters. The molecule has 1 aromatic rings. The van der Waals surface area contributed by atoms with E-state index >= 15 is 0 Å². The van der Waals surface area contributed by atoms with Crippen molar-refractivity contribution in [3.63, 3.8) is 0 Å². The van der Waals surface area contributed by atoms with Crippen molar-refractivity contribution in [3.05, 3.63) is 22.4 Å². The van der Waals surface area contributed by atoms with Gasteiger partial charge in [0.25, 0.3) is 0 Å². The van der Waals surface area contributed by atoms with Gasteiger partial charge in [-0.25, -0.2) is 0 Å². The Kier molecular flexibility index (Phi) is 5.87. The molecule has 86 valence electrons. The highest BCUT2D eigenvalue weighted by Crippen LogP contribution is 2.24. The Labute approximate surface area is 100 Å². The molecule has 15 heavy (non-hydrogen) atoms. The average Bonchev–Trinajstić information content (AvgIpc) is 2.54. The van der Waals surface area contributed by atoms with Gasteiger partial charge in [-0.2, -0.15) is 0 Å². The second kappa shape index (κ2) is 6.10. The maximum Gasteiger partial charge on any atom is 0.221 e. The van der Waals surface area contributed by atoms with Gasteiger partial charge in [-0.05, 0) is 25.3 Å². The van der Waals surface area contributed by atoms with Crippen LogP contribution in [0.3, 0.4) is 0 Å². The van der Waals surface area contributed by atoms with E-state index in [0.717, 1.165) is 4.88 Å². The summed E-state index contributed by atoms with van der Waals surface area (Å²) in [4.78, 5) is 12.5. The van der Waals surface area contributed by atoms with Crippen LogP contribution in [-0.2, 0) is 10.3 Å². The topological polar surface area (TPSA) is 55.1 Å². The van der Waals surface area contributed by atoms with E-state index in [9.17, 15) is 4.79 Å². The second-order valence-corrected chi connectivity index (χ2v) is 4.64. The van der Waals surface area contributed by atoms with Crippen LogP contribution in [0.15, 0.2) is 17.5 Å².